The molecule has 1 aliphatic heterocycles. The Morgan fingerprint density at radius 1 is 1.14 bits per heavy atom. The number of carbonyl (C=O) groups is 1. The average Bonchev–Trinajstić information content (AvgIpc) is 3.20. The number of hydrogen-bond donors (Lipinski definition) is 1. The van der Waals surface area contributed by atoms with E-state index in [4.69, 9.17) is 9.15 Å². The van der Waals surface area contributed by atoms with Crippen molar-refractivity contribution in [2.24, 2.45) is 0 Å². The molecule has 4 rings (SSSR count). The van der Waals surface area contributed by atoms with Crippen molar-refractivity contribution in [1.82, 2.24) is 15.5 Å². The van der Waals surface area contributed by atoms with Gasteiger partial charge in [0.15, 0.2) is 6.10 Å². The van der Waals surface area contributed by atoms with Crippen molar-refractivity contribution in [3.63, 3.8) is 0 Å². The van der Waals surface area contributed by atoms with Gasteiger partial charge >= 0.3 is 0 Å². The Kier molecular flexibility index (Phi) is 4.93. The summed E-state index contributed by atoms with van der Waals surface area (Å²) in [5, 5.41) is 10.5. The fourth-order valence-corrected chi connectivity index (χ4v) is 3.87. The maximum absolute atomic E-state index is 12.6. The first kappa shape index (κ1) is 18.9. The van der Waals surface area contributed by atoms with Crippen molar-refractivity contribution in [2.45, 2.75) is 12.6 Å². The van der Waals surface area contributed by atoms with Gasteiger partial charge in [0.1, 0.15) is 5.75 Å². The largest absolute Gasteiger partial charge is 0.476 e. The van der Waals surface area contributed by atoms with Gasteiger partial charge in [-0.2, -0.15) is 0 Å². The Hall–Kier alpha value is -3.40. The predicted octanol–water partition coefficient (Wildman–Crippen LogP) is 1.58. The van der Waals surface area contributed by atoms with Gasteiger partial charge in [0, 0.05) is 5.56 Å². The fourth-order valence-electron chi connectivity index (χ4n) is 2.95. The minimum Gasteiger partial charge on any atom is -0.476 e. The molecule has 1 atom stereocenters. The number of benzene rings is 2. The average molecular weight is 414 g/mol. The molecule has 0 spiro atoms. The Bertz CT molecular complexity index is 1130. The molecule has 0 fully saturated rings. The van der Waals surface area contributed by atoms with Crippen LogP contribution in [0.2, 0.25) is 0 Å². The number of aromatic nitrogens is 2. The van der Waals surface area contributed by atoms with E-state index < -0.39 is 22.0 Å². The Morgan fingerprint density at radius 2 is 1.86 bits per heavy atom. The molecule has 3 aromatic rings. The first-order valence-electron chi connectivity index (χ1n) is 8.81. The van der Waals surface area contributed by atoms with Gasteiger partial charge in [-0.25, -0.2) is 8.42 Å². The molecule has 9 nitrogen and oxygen atoms in total. The van der Waals surface area contributed by atoms with Crippen molar-refractivity contribution in [3.8, 4) is 17.2 Å². The number of ether oxygens (including phenoxy) is 1. The van der Waals surface area contributed by atoms with Gasteiger partial charge in [-0.1, -0.05) is 30.3 Å². The van der Waals surface area contributed by atoms with Crippen LogP contribution in [0.25, 0.3) is 11.5 Å². The molecule has 1 aliphatic rings. The molecule has 0 saturated heterocycles. The maximum atomic E-state index is 12.6. The van der Waals surface area contributed by atoms with E-state index in [0.29, 0.717) is 17.3 Å². The van der Waals surface area contributed by atoms with Crippen LogP contribution in [-0.4, -0.2) is 43.4 Å². The minimum atomic E-state index is -3.57. The summed E-state index contributed by atoms with van der Waals surface area (Å²) in [7, 11) is -3.57. The molecular formula is C19H18N4O5S. The highest BCUT2D eigenvalue weighted by Gasteiger charge is 2.34. The first-order valence-corrected chi connectivity index (χ1v) is 10.7. The molecule has 0 aliphatic carbocycles. The van der Waals surface area contributed by atoms with Gasteiger partial charge in [-0.3, -0.25) is 9.10 Å². The van der Waals surface area contributed by atoms with Crippen LogP contribution in [0, 0.1) is 0 Å². The van der Waals surface area contributed by atoms with Crippen LogP contribution >= 0.6 is 0 Å². The third-order valence-electron chi connectivity index (χ3n) is 4.33. The number of nitrogens with zero attached hydrogens (tertiary/aromatic N) is 3. The summed E-state index contributed by atoms with van der Waals surface area (Å²) in [6.45, 7) is -0.125. The van der Waals surface area contributed by atoms with Gasteiger partial charge in [0.2, 0.25) is 21.8 Å². The van der Waals surface area contributed by atoms with Crippen molar-refractivity contribution >= 4 is 21.6 Å². The molecule has 1 unspecified atom stereocenters. The number of sulfonamides is 1. The van der Waals surface area contributed by atoms with E-state index in [0.717, 1.165) is 16.1 Å². The summed E-state index contributed by atoms with van der Waals surface area (Å²) in [4.78, 5) is 12.6. The Labute approximate surface area is 167 Å². The lowest BCUT2D eigenvalue weighted by atomic mass is 10.2. The number of amides is 1. The number of nitrogens with one attached hydrogen (secondary N) is 1. The van der Waals surface area contributed by atoms with E-state index in [1.807, 2.05) is 30.3 Å². The molecule has 10 heteroatoms. The zero-order chi connectivity index (χ0) is 20.4. The van der Waals surface area contributed by atoms with Crippen LogP contribution in [0.1, 0.15) is 5.89 Å². The normalized spacial score (nSPS) is 16.0. The molecule has 0 radical (unpaired) electrons. The third-order valence-corrected chi connectivity index (χ3v) is 5.48. The zero-order valence-corrected chi connectivity index (χ0v) is 16.3. The summed E-state index contributed by atoms with van der Waals surface area (Å²) in [6, 6.07) is 15.9. The highest BCUT2D eigenvalue weighted by Crippen LogP contribution is 2.34. The van der Waals surface area contributed by atoms with Gasteiger partial charge in [0.25, 0.3) is 5.91 Å². The van der Waals surface area contributed by atoms with Crippen LogP contribution in [0.15, 0.2) is 59.0 Å². The highest BCUT2D eigenvalue weighted by molar-refractivity contribution is 7.92. The van der Waals surface area contributed by atoms with Crippen molar-refractivity contribution in [1.29, 1.82) is 0 Å². The number of fused-ring (bicyclic) bond motifs is 1. The second-order valence-electron chi connectivity index (χ2n) is 6.45. The Balaban J connectivity index is 1.45. The predicted molar refractivity (Wildman–Crippen MR) is 105 cm³/mol. The molecule has 1 N–H and O–H groups in total. The molecular weight excluding hydrogens is 396 g/mol. The molecule has 1 amide bonds. The molecule has 29 heavy (non-hydrogen) atoms. The smallest absolute Gasteiger partial charge is 0.263 e. The molecule has 2 heterocycles. The SMILES string of the molecule is CS(=O)(=O)N1CC(C(=O)NCc2nnc(-c3ccccc3)o2)Oc2ccccc21. The molecule has 0 bridgehead atoms. The molecule has 0 saturated carbocycles. The van der Waals surface area contributed by atoms with Gasteiger partial charge in [-0.05, 0) is 24.3 Å². The number of rotatable bonds is 5. The van der Waals surface area contributed by atoms with Crippen molar-refractivity contribution in [3.05, 3.63) is 60.5 Å². The molecule has 2 aromatic carbocycles. The molecule has 150 valence electrons. The summed E-state index contributed by atoms with van der Waals surface area (Å²) >= 11 is 0. The second-order valence-corrected chi connectivity index (χ2v) is 8.36. The van der Waals surface area contributed by atoms with E-state index in [1.165, 1.54) is 0 Å². The van der Waals surface area contributed by atoms with E-state index in [2.05, 4.69) is 15.5 Å². The van der Waals surface area contributed by atoms with Gasteiger partial charge in [-0.15, -0.1) is 10.2 Å². The standard InChI is InChI=1S/C19H18N4O5S/c1-29(25,26)23-12-16(27-15-10-6-5-9-14(15)23)18(24)20-11-17-21-22-19(28-17)13-7-3-2-4-8-13/h2-10,16H,11-12H2,1H3,(H,20,24). The fraction of sp³-hybridized carbons (Fsp3) is 0.211. The van der Waals surface area contributed by atoms with E-state index in [9.17, 15) is 13.2 Å². The number of carbonyl (C=O) groups excluding carboxylic acids is 1. The highest BCUT2D eigenvalue weighted by atomic mass is 32.2. The Morgan fingerprint density at radius 3 is 2.62 bits per heavy atom. The maximum Gasteiger partial charge on any atom is 0.263 e. The third kappa shape index (κ3) is 4.06. The van der Waals surface area contributed by atoms with Crippen LogP contribution in [-0.2, 0) is 21.4 Å². The summed E-state index contributed by atoms with van der Waals surface area (Å²) in [5.41, 5.74) is 1.18. The first-order chi connectivity index (χ1) is 13.9. The van der Waals surface area contributed by atoms with E-state index >= 15 is 0 Å². The summed E-state index contributed by atoms with van der Waals surface area (Å²) < 4.78 is 36.7. The second kappa shape index (κ2) is 7.55. The van der Waals surface area contributed by atoms with E-state index in [-0.39, 0.29) is 19.0 Å². The van der Waals surface area contributed by atoms with Gasteiger partial charge < -0.3 is 14.5 Å². The topological polar surface area (TPSA) is 115 Å². The minimum absolute atomic E-state index is 0.000944. The van der Waals surface area contributed by atoms with Crippen LogP contribution in [0.5, 0.6) is 5.75 Å². The lowest BCUT2D eigenvalue weighted by Crippen LogP contribution is -2.50. The number of hydrogen-bond acceptors (Lipinski definition) is 7. The van der Waals surface area contributed by atoms with Crippen LogP contribution < -0.4 is 14.4 Å². The number of para-hydroxylation sites is 2. The molecule has 1 aromatic heterocycles. The lowest BCUT2D eigenvalue weighted by Gasteiger charge is -2.33. The van der Waals surface area contributed by atoms with E-state index in [1.54, 1.807) is 24.3 Å². The quantitative estimate of drug-likeness (QED) is 0.674. The van der Waals surface area contributed by atoms with Crippen molar-refractivity contribution in [2.75, 3.05) is 17.1 Å². The summed E-state index contributed by atoms with van der Waals surface area (Å²) in [5.74, 6) is 0.426. The van der Waals surface area contributed by atoms with Crippen LogP contribution in [0.4, 0.5) is 5.69 Å². The number of anilines is 1. The monoisotopic (exact) mass is 414 g/mol. The lowest BCUT2D eigenvalue weighted by molar-refractivity contribution is -0.128. The van der Waals surface area contributed by atoms with Crippen LogP contribution in [0.3, 0.4) is 0 Å². The van der Waals surface area contributed by atoms with Crippen molar-refractivity contribution < 1.29 is 22.4 Å². The van der Waals surface area contributed by atoms with Gasteiger partial charge in [0.05, 0.1) is 25.0 Å². The summed E-state index contributed by atoms with van der Waals surface area (Å²) in [6.07, 6.45) is 0.0873. The zero-order valence-electron chi connectivity index (χ0n) is 15.5.